The van der Waals surface area contributed by atoms with E-state index >= 15 is 0 Å². The standard InChI is InChI=1S/C12H16BrNO3/c1-2-16-6-3-7-17-12(15)10-8-9(14)4-5-11(10)13/h4-5,8H,2-3,6-7,14H2,1H3. The van der Waals surface area contributed by atoms with Crippen molar-refractivity contribution in [2.24, 2.45) is 0 Å². The van der Waals surface area contributed by atoms with Crippen LogP contribution in [0.5, 0.6) is 0 Å². The van der Waals surface area contributed by atoms with Gasteiger partial charge in [-0.3, -0.25) is 0 Å². The van der Waals surface area contributed by atoms with Crippen molar-refractivity contribution in [3.63, 3.8) is 0 Å². The molecule has 1 aromatic rings. The summed E-state index contributed by atoms with van der Waals surface area (Å²) in [4.78, 5) is 11.7. The lowest BCUT2D eigenvalue weighted by Crippen LogP contribution is -2.09. The SMILES string of the molecule is CCOCCCOC(=O)c1cc(N)ccc1Br. The lowest BCUT2D eigenvalue weighted by Gasteiger charge is -2.07. The molecule has 0 heterocycles. The normalized spacial score (nSPS) is 10.2. The van der Waals surface area contributed by atoms with E-state index in [1.54, 1.807) is 18.2 Å². The number of benzene rings is 1. The molecule has 0 radical (unpaired) electrons. The number of rotatable bonds is 6. The Morgan fingerprint density at radius 2 is 2.18 bits per heavy atom. The fourth-order valence-electron chi connectivity index (χ4n) is 1.25. The molecule has 0 amide bonds. The summed E-state index contributed by atoms with van der Waals surface area (Å²) in [6.07, 6.45) is 0.694. The topological polar surface area (TPSA) is 61.5 Å². The van der Waals surface area contributed by atoms with Crippen molar-refractivity contribution in [3.8, 4) is 0 Å². The molecule has 0 fully saturated rings. The highest BCUT2D eigenvalue weighted by atomic mass is 79.9. The van der Waals surface area contributed by atoms with Crippen LogP contribution in [0.25, 0.3) is 0 Å². The van der Waals surface area contributed by atoms with Gasteiger partial charge in [-0.2, -0.15) is 0 Å². The van der Waals surface area contributed by atoms with E-state index in [9.17, 15) is 4.79 Å². The van der Waals surface area contributed by atoms with Crippen LogP contribution in [0.3, 0.4) is 0 Å². The molecule has 2 N–H and O–H groups in total. The molecule has 0 saturated carbocycles. The smallest absolute Gasteiger partial charge is 0.339 e. The summed E-state index contributed by atoms with van der Waals surface area (Å²) < 4.78 is 10.9. The van der Waals surface area contributed by atoms with Gasteiger partial charge >= 0.3 is 5.97 Å². The zero-order valence-corrected chi connectivity index (χ0v) is 11.3. The van der Waals surface area contributed by atoms with Crippen LogP contribution in [0.2, 0.25) is 0 Å². The van der Waals surface area contributed by atoms with E-state index in [-0.39, 0.29) is 5.97 Å². The van der Waals surface area contributed by atoms with Crippen molar-refractivity contribution < 1.29 is 14.3 Å². The van der Waals surface area contributed by atoms with Gasteiger partial charge in [0, 0.05) is 29.8 Å². The molecule has 17 heavy (non-hydrogen) atoms. The number of ether oxygens (including phenoxy) is 2. The van der Waals surface area contributed by atoms with Crippen LogP contribution in [0.15, 0.2) is 22.7 Å². The van der Waals surface area contributed by atoms with E-state index in [0.717, 1.165) is 0 Å². The first kappa shape index (κ1) is 14.0. The van der Waals surface area contributed by atoms with E-state index in [2.05, 4.69) is 15.9 Å². The van der Waals surface area contributed by atoms with Crippen molar-refractivity contribution >= 4 is 27.6 Å². The number of anilines is 1. The minimum absolute atomic E-state index is 0.347. The Morgan fingerprint density at radius 3 is 2.88 bits per heavy atom. The maximum atomic E-state index is 11.7. The Morgan fingerprint density at radius 1 is 1.41 bits per heavy atom. The molecule has 0 aliphatic rings. The van der Waals surface area contributed by atoms with Crippen LogP contribution in [-0.4, -0.2) is 25.8 Å². The van der Waals surface area contributed by atoms with Crippen molar-refractivity contribution in [2.75, 3.05) is 25.6 Å². The van der Waals surface area contributed by atoms with Crippen molar-refractivity contribution in [1.29, 1.82) is 0 Å². The number of hydrogen-bond acceptors (Lipinski definition) is 4. The second kappa shape index (κ2) is 7.29. The molecule has 94 valence electrons. The van der Waals surface area contributed by atoms with E-state index in [4.69, 9.17) is 15.2 Å². The van der Waals surface area contributed by atoms with Gasteiger partial charge in [-0.1, -0.05) is 0 Å². The van der Waals surface area contributed by atoms with Gasteiger partial charge in [0.1, 0.15) is 0 Å². The summed E-state index contributed by atoms with van der Waals surface area (Å²) in [5, 5.41) is 0. The molecular formula is C12H16BrNO3. The van der Waals surface area contributed by atoms with Crippen LogP contribution in [-0.2, 0) is 9.47 Å². The van der Waals surface area contributed by atoms with Crippen LogP contribution >= 0.6 is 15.9 Å². The predicted molar refractivity (Wildman–Crippen MR) is 69.9 cm³/mol. The first-order valence-corrected chi connectivity index (χ1v) is 6.24. The molecule has 0 aromatic heterocycles. The molecule has 1 rings (SSSR count). The predicted octanol–water partition coefficient (Wildman–Crippen LogP) is 2.61. The third kappa shape index (κ3) is 4.75. The first-order chi connectivity index (χ1) is 8.15. The van der Waals surface area contributed by atoms with E-state index in [1.807, 2.05) is 6.92 Å². The summed E-state index contributed by atoms with van der Waals surface area (Å²) in [5.41, 5.74) is 6.59. The van der Waals surface area contributed by atoms with Gasteiger partial charge in [0.2, 0.25) is 0 Å². The molecule has 1 aromatic carbocycles. The minimum atomic E-state index is -0.374. The van der Waals surface area contributed by atoms with Crippen LogP contribution < -0.4 is 5.73 Å². The summed E-state index contributed by atoms with van der Waals surface area (Å²) in [5.74, 6) is -0.374. The fraction of sp³-hybridized carbons (Fsp3) is 0.417. The largest absolute Gasteiger partial charge is 0.462 e. The molecule has 0 aliphatic heterocycles. The number of halogens is 1. The van der Waals surface area contributed by atoms with Gasteiger partial charge in [-0.05, 0) is 41.1 Å². The first-order valence-electron chi connectivity index (χ1n) is 5.45. The quantitative estimate of drug-likeness (QED) is 0.498. The minimum Gasteiger partial charge on any atom is -0.462 e. The van der Waals surface area contributed by atoms with Crippen molar-refractivity contribution in [2.45, 2.75) is 13.3 Å². The van der Waals surface area contributed by atoms with Gasteiger partial charge in [0.25, 0.3) is 0 Å². The van der Waals surface area contributed by atoms with E-state index in [0.29, 0.717) is 42.0 Å². The van der Waals surface area contributed by atoms with Gasteiger partial charge in [0.15, 0.2) is 0 Å². The summed E-state index contributed by atoms with van der Waals surface area (Å²) in [6.45, 7) is 3.55. The van der Waals surface area contributed by atoms with Gasteiger partial charge in [-0.15, -0.1) is 0 Å². The van der Waals surface area contributed by atoms with Gasteiger partial charge in [-0.25, -0.2) is 4.79 Å². The maximum Gasteiger partial charge on any atom is 0.339 e. The highest BCUT2D eigenvalue weighted by Gasteiger charge is 2.11. The molecule has 0 bridgehead atoms. The highest BCUT2D eigenvalue weighted by molar-refractivity contribution is 9.10. The Hall–Kier alpha value is -1.07. The number of esters is 1. The number of carbonyl (C=O) groups is 1. The second-order valence-electron chi connectivity index (χ2n) is 3.43. The molecule has 5 heteroatoms. The average Bonchev–Trinajstić information content (AvgIpc) is 2.32. The van der Waals surface area contributed by atoms with Gasteiger partial charge in [0.05, 0.1) is 12.2 Å². The lowest BCUT2D eigenvalue weighted by atomic mass is 10.2. The summed E-state index contributed by atoms with van der Waals surface area (Å²) >= 11 is 3.28. The monoisotopic (exact) mass is 301 g/mol. The average molecular weight is 302 g/mol. The Balaban J connectivity index is 2.44. The van der Waals surface area contributed by atoms with Crippen LogP contribution in [0, 0.1) is 0 Å². The third-order valence-electron chi connectivity index (χ3n) is 2.08. The van der Waals surface area contributed by atoms with Crippen molar-refractivity contribution in [1.82, 2.24) is 0 Å². The lowest BCUT2D eigenvalue weighted by molar-refractivity contribution is 0.0451. The number of nitrogens with two attached hydrogens (primary N) is 1. The Bertz CT molecular complexity index is 382. The fourth-order valence-corrected chi connectivity index (χ4v) is 1.66. The number of hydrogen-bond donors (Lipinski definition) is 1. The molecule has 0 spiro atoms. The second-order valence-corrected chi connectivity index (χ2v) is 4.28. The molecule has 0 unspecified atom stereocenters. The summed E-state index contributed by atoms with van der Waals surface area (Å²) in [7, 11) is 0. The molecular weight excluding hydrogens is 286 g/mol. The van der Waals surface area contributed by atoms with Gasteiger partial charge < -0.3 is 15.2 Å². The summed E-state index contributed by atoms with van der Waals surface area (Å²) in [6, 6.07) is 5.04. The van der Waals surface area contributed by atoms with Crippen LogP contribution in [0.1, 0.15) is 23.7 Å². The number of nitrogen functional groups attached to an aromatic ring is 1. The molecule has 0 aliphatic carbocycles. The van der Waals surface area contributed by atoms with E-state index in [1.165, 1.54) is 0 Å². The maximum absolute atomic E-state index is 11.7. The molecule has 0 atom stereocenters. The molecule has 4 nitrogen and oxygen atoms in total. The van der Waals surface area contributed by atoms with Crippen LogP contribution in [0.4, 0.5) is 5.69 Å². The Kier molecular flexibility index (Phi) is 6.00. The highest BCUT2D eigenvalue weighted by Crippen LogP contribution is 2.20. The van der Waals surface area contributed by atoms with E-state index < -0.39 is 0 Å². The Labute approximate surface area is 109 Å². The van der Waals surface area contributed by atoms with Crippen molar-refractivity contribution in [3.05, 3.63) is 28.2 Å². The third-order valence-corrected chi connectivity index (χ3v) is 2.77. The zero-order valence-electron chi connectivity index (χ0n) is 9.74. The number of carbonyl (C=O) groups excluding carboxylic acids is 1. The zero-order chi connectivity index (χ0) is 12.7. The molecule has 0 saturated heterocycles.